The van der Waals surface area contributed by atoms with E-state index in [0.717, 1.165) is 50.9 Å². The molecule has 0 rings (SSSR count). The molecule has 14 nitrogen and oxygen atoms in total. The number of ether oxygens (including phenoxy) is 2. The van der Waals surface area contributed by atoms with Gasteiger partial charge in [-0.1, -0.05) is 153 Å². The third kappa shape index (κ3) is 41.2. The van der Waals surface area contributed by atoms with Gasteiger partial charge in [0.15, 0.2) is 6.10 Å². The van der Waals surface area contributed by atoms with Crippen molar-refractivity contribution in [2.45, 2.75) is 180 Å². The fourth-order valence-electron chi connectivity index (χ4n) is 5.60. The quantitative estimate of drug-likeness (QED) is 0.0127. The van der Waals surface area contributed by atoms with Gasteiger partial charge in [0.1, 0.15) is 12.7 Å². The lowest BCUT2D eigenvalue weighted by atomic mass is 9.99. The summed E-state index contributed by atoms with van der Waals surface area (Å²) < 4.78 is 47.6. The largest absolute Gasteiger partial charge is 0.472 e. The Morgan fingerprint density at radius 1 is 0.610 bits per heavy atom. The molecule has 0 heterocycles. The highest BCUT2D eigenvalue weighted by atomic mass is 31.2. The summed E-state index contributed by atoms with van der Waals surface area (Å²) in [6.45, 7) is 3.83. The second-order valence-corrected chi connectivity index (χ2v) is 17.8. The summed E-state index contributed by atoms with van der Waals surface area (Å²) in [5.74, 6) is -0.425. The van der Waals surface area contributed by atoms with E-state index in [1.807, 2.05) is 12.2 Å². The van der Waals surface area contributed by atoms with Gasteiger partial charge in [0.2, 0.25) is 0 Å². The SMILES string of the molecule is CCCCC/C=C\C/C=C\C/C=C\C=C\[C@@H](O)CCCC(=O)OC[C@H](COP(=O)(O)OC[C@@H](O)COP(=O)(O)O)OC(=O)CCCCCCCCCCCCC(C)CC. The first-order chi connectivity index (χ1) is 28.2. The van der Waals surface area contributed by atoms with Gasteiger partial charge in [-0.05, 0) is 50.9 Å². The molecule has 0 bridgehead atoms. The van der Waals surface area contributed by atoms with E-state index in [0.29, 0.717) is 19.3 Å². The fourth-order valence-corrected chi connectivity index (χ4v) is 6.76. The molecule has 0 aromatic carbocycles. The molecule has 5 atom stereocenters. The lowest BCUT2D eigenvalue weighted by molar-refractivity contribution is -0.161. The molecule has 344 valence electrons. The molecule has 5 N–H and O–H groups in total. The number of carbonyl (C=O) groups excluding carboxylic acids is 2. The topological polar surface area (TPSA) is 216 Å². The van der Waals surface area contributed by atoms with Gasteiger partial charge in [0.05, 0.1) is 25.9 Å². The van der Waals surface area contributed by atoms with Gasteiger partial charge >= 0.3 is 27.6 Å². The van der Waals surface area contributed by atoms with E-state index in [9.17, 15) is 33.8 Å². The van der Waals surface area contributed by atoms with E-state index in [2.05, 4.69) is 54.1 Å². The standard InChI is InChI=1S/C43H78O14P2/c1-4-6-7-8-9-10-11-12-13-17-20-23-26-30-39(44)31-28-33-42(46)53-36-41(37-56-59(51,52)55-35-40(45)34-54-58(48,49)50)57-43(47)32-27-24-21-18-15-14-16-19-22-25-29-38(3)5-2/h9-10,12-13,20,23,26,30,38-41,44-45H,4-8,11,14-19,21-22,24-25,27-29,31-37H2,1-3H3,(H,51,52)(H2,48,49,50)/b10-9-,13-12-,23-20-,30-26+/t38?,39-,40+,41-/m1/s1. The minimum atomic E-state index is -4.88. The van der Waals surface area contributed by atoms with Crippen molar-refractivity contribution in [2.75, 3.05) is 26.4 Å². The van der Waals surface area contributed by atoms with Crippen LogP contribution in [0.15, 0.2) is 48.6 Å². The van der Waals surface area contributed by atoms with Crippen LogP contribution < -0.4 is 0 Å². The van der Waals surface area contributed by atoms with Gasteiger partial charge in [0.25, 0.3) is 0 Å². The van der Waals surface area contributed by atoms with Crippen LogP contribution in [0.3, 0.4) is 0 Å². The van der Waals surface area contributed by atoms with Crippen molar-refractivity contribution < 1.29 is 66.7 Å². The monoisotopic (exact) mass is 880 g/mol. The number of esters is 2. The molecule has 0 saturated heterocycles. The number of hydrogen-bond acceptors (Lipinski definition) is 11. The Bertz CT molecular complexity index is 1260. The van der Waals surface area contributed by atoms with Crippen LogP contribution in [0.25, 0.3) is 0 Å². The van der Waals surface area contributed by atoms with Gasteiger partial charge in [-0.3, -0.25) is 23.2 Å². The van der Waals surface area contributed by atoms with Crippen molar-refractivity contribution in [1.82, 2.24) is 0 Å². The van der Waals surface area contributed by atoms with Gasteiger partial charge in [0, 0.05) is 12.8 Å². The van der Waals surface area contributed by atoms with Crippen LogP contribution >= 0.6 is 15.6 Å². The van der Waals surface area contributed by atoms with Crippen molar-refractivity contribution in [2.24, 2.45) is 5.92 Å². The number of rotatable bonds is 40. The molecular weight excluding hydrogens is 802 g/mol. The highest BCUT2D eigenvalue weighted by Crippen LogP contribution is 2.43. The van der Waals surface area contributed by atoms with Crippen LogP contribution in [0.2, 0.25) is 0 Å². The van der Waals surface area contributed by atoms with Crippen LogP contribution in [0.1, 0.15) is 162 Å². The van der Waals surface area contributed by atoms with Crippen molar-refractivity contribution in [3.05, 3.63) is 48.6 Å². The Hall–Kier alpha value is -1.96. The maximum atomic E-state index is 12.7. The number of hydrogen-bond donors (Lipinski definition) is 5. The van der Waals surface area contributed by atoms with Crippen LogP contribution in [0.5, 0.6) is 0 Å². The van der Waals surface area contributed by atoms with Crippen molar-refractivity contribution >= 4 is 27.6 Å². The summed E-state index contributed by atoms with van der Waals surface area (Å²) in [6.07, 6.45) is 32.8. The maximum absolute atomic E-state index is 12.7. The van der Waals surface area contributed by atoms with Crippen LogP contribution in [0, 0.1) is 5.92 Å². The Kier molecular flexibility index (Phi) is 36.5. The minimum Gasteiger partial charge on any atom is -0.462 e. The molecule has 0 aliphatic carbocycles. The Morgan fingerprint density at radius 2 is 1.19 bits per heavy atom. The van der Waals surface area contributed by atoms with Gasteiger partial charge < -0.3 is 34.4 Å². The van der Waals surface area contributed by atoms with Crippen LogP contribution in [-0.4, -0.2) is 81.6 Å². The van der Waals surface area contributed by atoms with Gasteiger partial charge in [-0.2, -0.15) is 0 Å². The van der Waals surface area contributed by atoms with E-state index in [-0.39, 0.29) is 12.8 Å². The van der Waals surface area contributed by atoms with Gasteiger partial charge in [-0.15, -0.1) is 0 Å². The zero-order valence-corrected chi connectivity index (χ0v) is 37.9. The lowest BCUT2D eigenvalue weighted by Crippen LogP contribution is -2.30. The molecule has 0 aliphatic heterocycles. The summed E-state index contributed by atoms with van der Waals surface area (Å²) in [6, 6.07) is 0. The smallest absolute Gasteiger partial charge is 0.462 e. The third-order valence-corrected chi connectivity index (χ3v) is 10.8. The molecule has 59 heavy (non-hydrogen) atoms. The fraction of sp³-hybridized carbons (Fsp3) is 0.767. The summed E-state index contributed by atoms with van der Waals surface area (Å²) >= 11 is 0. The summed E-state index contributed by atoms with van der Waals surface area (Å²) in [4.78, 5) is 52.7. The van der Waals surface area contributed by atoms with Crippen molar-refractivity contribution in [3.8, 4) is 0 Å². The second kappa shape index (κ2) is 37.8. The zero-order valence-electron chi connectivity index (χ0n) is 36.1. The summed E-state index contributed by atoms with van der Waals surface area (Å²) in [5.41, 5.74) is 0. The number of phosphoric acid groups is 2. The molecule has 0 saturated carbocycles. The second-order valence-electron chi connectivity index (χ2n) is 15.1. The van der Waals surface area contributed by atoms with E-state index >= 15 is 0 Å². The van der Waals surface area contributed by atoms with E-state index in [4.69, 9.17) is 23.8 Å². The van der Waals surface area contributed by atoms with Crippen LogP contribution in [-0.2, 0) is 41.8 Å². The number of aliphatic hydroxyl groups excluding tert-OH is 2. The van der Waals surface area contributed by atoms with E-state index in [1.165, 1.54) is 64.2 Å². The number of carbonyl (C=O) groups is 2. The first-order valence-corrected chi connectivity index (χ1v) is 24.9. The molecule has 16 heteroatoms. The molecule has 0 aliphatic rings. The van der Waals surface area contributed by atoms with Gasteiger partial charge in [-0.25, -0.2) is 9.13 Å². The lowest BCUT2D eigenvalue weighted by Gasteiger charge is -2.20. The molecule has 0 fully saturated rings. The summed E-state index contributed by atoms with van der Waals surface area (Å²) in [5, 5.41) is 20.0. The number of phosphoric ester groups is 2. The number of unbranched alkanes of at least 4 members (excludes halogenated alkanes) is 12. The third-order valence-electron chi connectivity index (χ3n) is 9.36. The molecule has 2 unspecified atom stereocenters. The normalized spacial score (nSPS) is 15.6. The predicted molar refractivity (Wildman–Crippen MR) is 231 cm³/mol. The first-order valence-electron chi connectivity index (χ1n) is 21.8. The predicted octanol–water partition coefficient (Wildman–Crippen LogP) is 9.89. The first kappa shape index (κ1) is 57.0. The minimum absolute atomic E-state index is 0.0332. The Balaban J connectivity index is 4.71. The zero-order chi connectivity index (χ0) is 44.0. The molecule has 0 aromatic rings. The average molecular weight is 881 g/mol. The van der Waals surface area contributed by atoms with Crippen molar-refractivity contribution in [1.29, 1.82) is 0 Å². The van der Waals surface area contributed by atoms with Crippen LogP contribution in [0.4, 0.5) is 0 Å². The molecule has 0 amide bonds. The Morgan fingerprint density at radius 3 is 1.83 bits per heavy atom. The van der Waals surface area contributed by atoms with E-state index in [1.54, 1.807) is 12.2 Å². The highest BCUT2D eigenvalue weighted by Gasteiger charge is 2.28. The maximum Gasteiger partial charge on any atom is 0.472 e. The van der Waals surface area contributed by atoms with E-state index < -0.39 is 72.3 Å². The Labute approximate surface area is 354 Å². The highest BCUT2D eigenvalue weighted by molar-refractivity contribution is 7.47. The average Bonchev–Trinajstić information content (AvgIpc) is 3.19. The van der Waals surface area contributed by atoms with Crippen molar-refractivity contribution in [3.63, 3.8) is 0 Å². The molecule has 0 radical (unpaired) electrons. The molecule has 0 aromatic heterocycles. The molecular formula is C43H78O14P2. The number of aliphatic hydroxyl groups is 2. The molecule has 0 spiro atoms. The summed E-state index contributed by atoms with van der Waals surface area (Å²) in [7, 11) is -9.73. The number of allylic oxidation sites excluding steroid dienone is 7.